The van der Waals surface area contributed by atoms with E-state index in [2.05, 4.69) is 25.9 Å². The lowest BCUT2D eigenvalue weighted by Gasteiger charge is -2.56. The number of hydrazine groups is 1. The Morgan fingerprint density at radius 1 is 1.06 bits per heavy atom. The maximum atomic E-state index is 15.0. The highest BCUT2D eigenvalue weighted by Crippen LogP contribution is 2.45. The number of rotatable bonds is 9. The van der Waals surface area contributed by atoms with E-state index in [0.717, 1.165) is 51.6 Å². The van der Waals surface area contributed by atoms with Gasteiger partial charge in [0, 0.05) is 90.7 Å². The predicted molar refractivity (Wildman–Crippen MR) is 257 cm³/mol. The van der Waals surface area contributed by atoms with Gasteiger partial charge in [0.25, 0.3) is 5.91 Å². The number of halogens is 3. The average Bonchev–Trinajstić information content (AvgIpc) is 3.71. The van der Waals surface area contributed by atoms with Crippen molar-refractivity contribution in [3.63, 3.8) is 0 Å². The Bertz CT molecular complexity index is 2640. The lowest BCUT2D eigenvalue weighted by molar-refractivity contribution is -0.155. The van der Waals surface area contributed by atoms with Crippen molar-refractivity contribution in [3.8, 4) is 22.5 Å². The van der Waals surface area contributed by atoms with E-state index in [-0.39, 0.29) is 54.5 Å². The number of amides is 3. The molecule has 6 bridgehead atoms. The zero-order valence-corrected chi connectivity index (χ0v) is 41.2. The van der Waals surface area contributed by atoms with Crippen LogP contribution in [-0.2, 0) is 48.0 Å². The summed E-state index contributed by atoms with van der Waals surface area (Å²) in [5.41, 5.74) is 5.93. The fourth-order valence-corrected chi connectivity index (χ4v) is 12.8. The number of nitrogens with zero attached hydrogens (tertiary/aromatic N) is 6. The zero-order valence-electron chi connectivity index (χ0n) is 40.4. The molecule has 5 fully saturated rings. The van der Waals surface area contributed by atoms with E-state index >= 15 is 4.79 Å². The lowest BCUT2D eigenvalue weighted by Crippen LogP contribution is -2.68. The van der Waals surface area contributed by atoms with Gasteiger partial charge in [0.2, 0.25) is 11.8 Å². The number of pyridine rings is 1. The fraction of sp³-hybridized carbons (Fsp3) is 0.608. The first-order chi connectivity index (χ1) is 33.5. The topological polar surface area (TPSA) is 173 Å². The fourth-order valence-electron chi connectivity index (χ4n) is 11.9. The average molecular weight is 988 g/mol. The number of cyclic esters (lactones) is 1. The van der Waals surface area contributed by atoms with Crippen molar-refractivity contribution in [2.75, 3.05) is 53.0 Å². The summed E-state index contributed by atoms with van der Waals surface area (Å²) in [7, 11) is 1.53. The molecule has 1 spiro atoms. The number of aromatic nitrogens is 3. The molecule has 3 N–H and O–H groups in total. The van der Waals surface area contributed by atoms with Gasteiger partial charge in [-0.1, -0.05) is 32.8 Å². The van der Waals surface area contributed by atoms with E-state index in [0.29, 0.717) is 88.7 Å². The molecule has 1 saturated carbocycles. The molecule has 1 aliphatic carbocycles. The second-order valence-corrected chi connectivity index (χ2v) is 22.4. The van der Waals surface area contributed by atoms with Gasteiger partial charge in [-0.3, -0.25) is 34.1 Å². The van der Waals surface area contributed by atoms with Gasteiger partial charge in [-0.05, 0) is 94.2 Å². The number of hydrogen-bond donors (Lipinski definition) is 3. The molecule has 1 aromatic carbocycles. The van der Waals surface area contributed by atoms with Gasteiger partial charge in [-0.2, -0.15) is 13.2 Å². The molecule has 10 rings (SSSR count). The third-order valence-electron chi connectivity index (χ3n) is 15.4. The van der Waals surface area contributed by atoms with Crippen molar-refractivity contribution < 1.29 is 41.8 Å². The predicted octanol–water partition coefficient (Wildman–Crippen LogP) is 6.20. The van der Waals surface area contributed by atoms with Crippen LogP contribution in [0.5, 0.6) is 0 Å². The minimum Gasteiger partial charge on any atom is -0.464 e. The van der Waals surface area contributed by atoms with E-state index in [1.54, 1.807) is 37.4 Å². The molecule has 4 saturated heterocycles. The lowest BCUT2D eigenvalue weighted by atomic mass is 9.72. The molecule has 8 heterocycles. The summed E-state index contributed by atoms with van der Waals surface area (Å²) in [4.78, 5) is 70.7. The van der Waals surface area contributed by atoms with Crippen LogP contribution in [0.4, 0.5) is 13.2 Å². The Balaban J connectivity index is 1.01. The molecule has 1 unspecified atom stereocenters. The standard InChI is InChI=1S/C51H64F3N9O6S/c1-30(68-4)42-33(12-7-17-55-42)44-35-22-49(2,3)29-69-48(67)36-13-8-19-63(59-36)47(66)37(21-41-57-39(24-70-41)32-14-15-40(34(35)20-32)62(44)28-51(52,53)54)58-45(64)43(31-10-5-6-11-31)60-18-9-16-50(25-60)26-61(27-50)46(65)38-23-56-38/h7,12,14-15,17,20,24,30-31,36-38,43,56,59H,5-6,8-11,13,16,18-19,21-23,25-29H2,1-4H3,(H,58,64)/t30-,36-,37-,38+,43?/m0/s1. The van der Waals surface area contributed by atoms with Crippen molar-refractivity contribution in [2.45, 2.75) is 128 Å². The third-order valence-corrected chi connectivity index (χ3v) is 16.3. The molecule has 376 valence electrons. The van der Waals surface area contributed by atoms with Crippen LogP contribution in [0, 0.1) is 16.7 Å². The third kappa shape index (κ3) is 9.97. The van der Waals surface area contributed by atoms with Crippen molar-refractivity contribution in [2.24, 2.45) is 16.7 Å². The highest BCUT2D eigenvalue weighted by atomic mass is 32.1. The summed E-state index contributed by atoms with van der Waals surface area (Å²) in [5.74, 6) is -0.874. The highest BCUT2D eigenvalue weighted by molar-refractivity contribution is 7.10. The summed E-state index contributed by atoms with van der Waals surface area (Å²) >= 11 is 1.35. The number of alkyl halides is 3. The normalized spacial score (nSPS) is 25.0. The van der Waals surface area contributed by atoms with E-state index < -0.39 is 48.3 Å². The van der Waals surface area contributed by atoms with Crippen LogP contribution in [0.15, 0.2) is 41.9 Å². The van der Waals surface area contributed by atoms with Gasteiger partial charge in [-0.25, -0.2) is 10.4 Å². The summed E-state index contributed by atoms with van der Waals surface area (Å²) in [6.45, 7) is 8.19. The number of esters is 1. The smallest absolute Gasteiger partial charge is 0.406 e. The van der Waals surface area contributed by atoms with Crippen molar-refractivity contribution in [1.29, 1.82) is 0 Å². The Kier molecular flexibility index (Phi) is 13.4. The minimum atomic E-state index is -4.57. The molecule has 5 atom stereocenters. The van der Waals surface area contributed by atoms with Gasteiger partial charge in [0.1, 0.15) is 18.6 Å². The second kappa shape index (κ2) is 19.2. The summed E-state index contributed by atoms with van der Waals surface area (Å²) in [5, 5.41) is 10.9. The van der Waals surface area contributed by atoms with E-state index in [1.807, 2.05) is 30.2 Å². The summed E-state index contributed by atoms with van der Waals surface area (Å²) in [6, 6.07) is 6.41. The molecular weight excluding hydrogens is 924 g/mol. The van der Waals surface area contributed by atoms with Crippen LogP contribution in [0.2, 0.25) is 0 Å². The number of piperidine rings is 1. The van der Waals surface area contributed by atoms with Gasteiger partial charge >= 0.3 is 12.1 Å². The molecule has 5 aliphatic heterocycles. The number of carbonyl (C=O) groups excluding carboxylic acids is 4. The number of benzene rings is 1. The van der Waals surface area contributed by atoms with Crippen molar-refractivity contribution in [1.82, 2.24) is 45.4 Å². The first-order valence-electron chi connectivity index (χ1n) is 24.9. The van der Waals surface area contributed by atoms with Gasteiger partial charge in [0.15, 0.2) is 0 Å². The monoisotopic (exact) mass is 987 g/mol. The number of fused-ring (bicyclic) bond motifs is 6. The van der Waals surface area contributed by atoms with Gasteiger partial charge in [0.05, 0.1) is 46.9 Å². The van der Waals surface area contributed by atoms with E-state index in [9.17, 15) is 27.6 Å². The number of ether oxygens (including phenoxy) is 2. The van der Waals surface area contributed by atoms with Crippen LogP contribution < -0.4 is 16.1 Å². The molecule has 0 radical (unpaired) electrons. The van der Waals surface area contributed by atoms with E-state index in [1.165, 1.54) is 28.0 Å². The molecule has 70 heavy (non-hydrogen) atoms. The number of thiazole rings is 1. The number of likely N-dealkylation sites (tertiary alicyclic amines) is 2. The minimum absolute atomic E-state index is 0.0576. The molecule has 3 aromatic heterocycles. The second-order valence-electron chi connectivity index (χ2n) is 21.4. The first-order valence-corrected chi connectivity index (χ1v) is 25.8. The van der Waals surface area contributed by atoms with Crippen LogP contribution in [0.3, 0.4) is 0 Å². The molecule has 19 heteroatoms. The Morgan fingerprint density at radius 2 is 1.84 bits per heavy atom. The van der Waals surface area contributed by atoms with Crippen molar-refractivity contribution >= 4 is 45.9 Å². The number of methoxy groups -OCH3 is 1. The number of hydrogen-bond acceptors (Lipinski definition) is 12. The molecule has 4 aromatic rings. The number of carbonyl (C=O) groups is 4. The molecule has 3 amide bonds. The molecular formula is C51H64F3N9O6S. The Morgan fingerprint density at radius 3 is 2.59 bits per heavy atom. The quantitative estimate of drug-likeness (QED) is 0.129. The Hall–Kier alpha value is -4.95. The van der Waals surface area contributed by atoms with Crippen LogP contribution >= 0.6 is 11.3 Å². The van der Waals surface area contributed by atoms with E-state index in [4.69, 9.17) is 14.5 Å². The number of nitrogens with one attached hydrogen (secondary N) is 3. The maximum absolute atomic E-state index is 15.0. The molecule has 6 aliphatic rings. The highest BCUT2D eigenvalue weighted by Gasteiger charge is 2.52. The molecule has 15 nitrogen and oxygen atoms in total. The van der Waals surface area contributed by atoms with Crippen molar-refractivity contribution in [3.05, 3.63) is 58.2 Å². The zero-order chi connectivity index (χ0) is 49.1. The summed E-state index contributed by atoms with van der Waals surface area (Å²) < 4.78 is 57.2. The van der Waals surface area contributed by atoms with Crippen LogP contribution in [0.1, 0.15) is 94.5 Å². The van der Waals surface area contributed by atoms with Gasteiger partial charge in [-0.15, -0.1) is 11.3 Å². The Labute approximate surface area is 410 Å². The SMILES string of the molecule is CO[C@@H](C)c1ncccc1-c1c2c3cc(ccc3n1CC(F)(F)F)-c1csc(n1)C[C@H](NC(=O)C(C1CCCC1)N1CCCC3(CN(C(=O)[C@H]4CN4)C3)C1)C(=O)N1CCC[C@H](N1)C(=O)OCC(C)(C)C2. The first kappa shape index (κ1) is 48.7. The maximum Gasteiger partial charge on any atom is 0.406 e. The van der Waals surface area contributed by atoms with Crippen LogP contribution in [0.25, 0.3) is 33.4 Å². The van der Waals surface area contributed by atoms with Gasteiger partial charge < -0.3 is 29.6 Å². The summed E-state index contributed by atoms with van der Waals surface area (Å²) in [6.07, 6.45) is 3.51. The van der Waals surface area contributed by atoms with Crippen LogP contribution in [-0.4, -0.2) is 136 Å². The largest absolute Gasteiger partial charge is 0.464 e.